The molecule has 1 amide bonds. The van der Waals surface area contributed by atoms with Crippen LogP contribution < -0.4 is 14.9 Å². The number of benzene rings is 1. The van der Waals surface area contributed by atoms with Crippen LogP contribution in [0.15, 0.2) is 12.1 Å². The molecule has 0 aromatic heterocycles. The molecule has 1 aromatic carbocycles. The van der Waals surface area contributed by atoms with Crippen molar-refractivity contribution in [3.63, 3.8) is 0 Å². The summed E-state index contributed by atoms with van der Waals surface area (Å²) in [7, 11) is -3.34. The van der Waals surface area contributed by atoms with Gasteiger partial charge < -0.3 is 15.0 Å². The minimum Gasteiger partial charge on any atom is -0.372 e. The first-order valence-corrected chi connectivity index (χ1v) is 12.6. The van der Waals surface area contributed by atoms with E-state index < -0.39 is 14.8 Å². The molecule has 0 radical (unpaired) electrons. The van der Waals surface area contributed by atoms with Gasteiger partial charge in [0.05, 0.1) is 17.0 Å². The second-order valence-corrected chi connectivity index (χ2v) is 12.1. The summed E-state index contributed by atoms with van der Waals surface area (Å²) >= 11 is 0. The summed E-state index contributed by atoms with van der Waals surface area (Å²) in [6, 6.07) is 4.04. The van der Waals surface area contributed by atoms with E-state index >= 15 is 0 Å². The van der Waals surface area contributed by atoms with Crippen molar-refractivity contribution in [2.45, 2.75) is 84.7 Å². The zero-order valence-corrected chi connectivity index (χ0v) is 20.9. The van der Waals surface area contributed by atoms with E-state index in [1.807, 2.05) is 13.0 Å². The lowest BCUT2D eigenvalue weighted by Crippen LogP contribution is -2.45. The predicted molar refractivity (Wildman–Crippen MR) is 127 cm³/mol. The molecule has 0 bridgehead atoms. The van der Waals surface area contributed by atoms with Gasteiger partial charge in [-0.15, -0.1) is 0 Å². The molecule has 2 N–H and O–H groups in total. The summed E-state index contributed by atoms with van der Waals surface area (Å²) < 4.78 is 31.7. The standard InChI is InChI=1S/C23H39N3O4S/c1-16-14-26(15-17(2)30-16)21-12-11-20(18(3)19(21)4)25-22(27)10-8-9-13-24-31(28,29)23(5,6)7/h11-12,16-17,24H,8-10,13-15H2,1-7H3,(H,25,27). The van der Waals surface area contributed by atoms with Gasteiger partial charge >= 0.3 is 0 Å². The van der Waals surface area contributed by atoms with Crippen LogP contribution >= 0.6 is 0 Å². The van der Waals surface area contributed by atoms with E-state index in [1.54, 1.807) is 20.8 Å². The summed E-state index contributed by atoms with van der Waals surface area (Å²) in [5.74, 6) is -0.0532. The minimum atomic E-state index is -3.34. The number of hydrogen-bond donors (Lipinski definition) is 2. The largest absolute Gasteiger partial charge is 0.372 e. The number of morpholine rings is 1. The van der Waals surface area contributed by atoms with Gasteiger partial charge in [0.25, 0.3) is 0 Å². The van der Waals surface area contributed by atoms with E-state index in [1.165, 1.54) is 5.69 Å². The molecule has 0 aliphatic carbocycles. The van der Waals surface area contributed by atoms with E-state index in [9.17, 15) is 13.2 Å². The maximum atomic E-state index is 12.4. The van der Waals surface area contributed by atoms with Crippen molar-refractivity contribution < 1.29 is 17.9 Å². The van der Waals surface area contributed by atoms with Gasteiger partial charge in [0.2, 0.25) is 15.9 Å². The molecule has 2 unspecified atom stereocenters. The molecule has 31 heavy (non-hydrogen) atoms. The fourth-order valence-corrected chi connectivity index (χ4v) is 4.55. The number of sulfonamides is 1. The van der Waals surface area contributed by atoms with Crippen LogP contribution in [0.5, 0.6) is 0 Å². The van der Waals surface area contributed by atoms with E-state index in [2.05, 4.69) is 41.8 Å². The first-order valence-electron chi connectivity index (χ1n) is 11.1. The average molecular weight is 454 g/mol. The Balaban J connectivity index is 1.87. The quantitative estimate of drug-likeness (QED) is 0.586. The second-order valence-electron chi connectivity index (χ2n) is 9.56. The maximum Gasteiger partial charge on any atom is 0.224 e. The molecule has 1 heterocycles. The zero-order valence-electron chi connectivity index (χ0n) is 20.0. The Morgan fingerprint density at radius 1 is 1.10 bits per heavy atom. The maximum absolute atomic E-state index is 12.4. The molecule has 176 valence electrons. The van der Waals surface area contributed by atoms with Gasteiger partial charge in [-0.1, -0.05) is 0 Å². The smallest absolute Gasteiger partial charge is 0.224 e. The van der Waals surface area contributed by atoms with Gasteiger partial charge in [0, 0.05) is 37.4 Å². The number of rotatable bonds is 8. The first-order chi connectivity index (χ1) is 14.3. The number of unbranched alkanes of at least 4 members (excludes halogenated alkanes) is 1. The Bertz CT molecular complexity index is 868. The summed E-state index contributed by atoms with van der Waals surface area (Å²) in [5, 5.41) is 3.01. The van der Waals surface area contributed by atoms with Crippen LogP contribution in [0.2, 0.25) is 0 Å². The van der Waals surface area contributed by atoms with Crippen LogP contribution in [-0.4, -0.2) is 50.9 Å². The molecular weight excluding hydrogens is 414 g/mol. The fraction of sp³-hybridized carbons (Fsp3) is 0.696. The first kappa shape index (κ1) is 25.6. The van der Waals surface area contributed by atoms with E-state index in [4.69, 9.17) is 4.74 Å². The summed E-state index contributed by atoms with van der Waals surface area (Å²) in [6.07, 6.45) is 1.98. The molecule has 1 fully saturated rings. The lowest BCUT2D eigenvalue weighted by atomic mass is 10.0. The van der Waals surface area contributed by atoms with Gasteiger partial charge in [-0.05, 0) is 84.6 Å². The number of carbonyl (C=O) groups is 1. The molecule has 1 aromatic rings. The van der Waals surface area contributed by atoms with E-state index in [0.29, 0.717) is 25.8 Å². The topological polar surface area (TPSA) is 87.7 Å². The van der Waals surface area contributed by atoms with Gasteiger partial charge in [-0.25, -0.2) is 13.1 Å². The third-order valence-electron chi connectivity index (χ3n) is 5.72. The summed E-state index contributed by atoms with van der Waals surface area (Å²) in [5.41, 5.74) is 4.24. The van der Waals surface area contributed by atoms with Crippen molar-refractivity contribution in [1.82, 2.24) is 4.72 Å². The summed E-state index contributed by atoms with van der Waals surface area (Å²) in [4.78, 5) is 14.7. The highest BCUT2D eigenvalue weighted by Gasteiger charge is 2.28. The Kier molecular flexibility index (Phi) is 8.53. The zero-order chi connectivity index (χ0) is 23.4. The van der Waals surface area contributed by atoms with Crippen LogP contribution in [0, 0.1) is 13.8 Å². The summed E-state index contributed by atoms with van der Waals surface area (Å²) in [6.45, 7) is 15.4. The van der Waals surface area contributed by atoms with Crippen LogP contribution in [0.3, 0.4) is 0 Å². The number of carbonyl (C=O) groups excluding carboxylic acids is 1. The average Bonchev–Trinajstić information content (AvgIpc) is 2.63. The van der Waals surface area contributed by atoms with Crippen LogP contribution in [-0.2, 0) is 19.6 Å². The fourth-order valence-electron chi connectivity index (χ4n) is 3.71. The normalized spacial score (nSPS) is 20.0. The highest BCUT2D eigenvalue weighted by Crippen LogP contribution is 2.30. The molecular formula is C23H39N3O4S. The SMILES string of the molecule is Cc1c(NC(=O)CCCCNS(=O)(=O)C(C)(C)C)ccc(N2CC(C)OC(C)C2)c1C. The number of amides is 1. The van der Waals surface area contributed by atoms with Crippen molar-refractivity contribution in [2.75, 3.05) is 29.9 Å². The van der Waals surface area contributed by atoms with Crippen molar-refractivity contribution in [1.29, 1.82) is 0 Å². The highest BCUT2D eigenvalue weighted by atomic mass is 32.2. The molecule has 0 spiro atoms. The Hall–Kier alpha value is -1.64. The van der Waals surface area contributed by atoms with E-state index in [0.717, 1.165) is 29.9 Å². The van der Waals surface area contributed by atoms with Gasteiger partial charge in [-0.3, -0.25) is 4.79 Å². The van der Waals surface area contributed by atoms with Gasteiger partial charge in [0.1, 0.15) is 0 Å². The number of nitrogens with one attached hydrogen (secondary N) is 2. The molecule has 8 heteroatoms. The van der Waals surface area contributed by atoms with E-state index in [-0.39, 0.29) is 18.1 Å². The Labute approximate surface area is 188 Å². The molecule has 0 saturated carbocycles. The Morgan fingerprint density at radius 2 is 1.71 bits per heavy atom. The van der Waals surface area contributed by atoms with Crippen molar-refractivity contribution in [2.24, 2.45) is 0 Å². The van der Waals surface area contributed by atoms with Crippen molar-refractivity contribution in [3.8, 4) is 0 Å². The van der Waals surface area contributed by atoms with Crippen LogP contribution in [0.25, 0.3) is 0 Å². The van der Waals surface area contributed by atoms with Gasteiger partial charge in [-0.2, -0.15) is 0 Å². The molecule has 2 rings (SSSR count). The minimum absolute atomic E-state index is 0.0532. The monoisotopic (exact) mass is 453 g/mol. The number of anilines is 2. The lowest BCUT2D eigenvalue weighted by molar-refractivity contribution is -0.116. The highest BCUT2D eigenvalue weighted by molar-refractivity contribution is 7.90. The van der Waals surface area contributed by atoms with Crippen molar-refractivity contribution in [3.05, 3.63) is 23.3 Å². The number of hydrogen-bond acceptors (Lipinski definition) is 5. The lowest BCUT2D eigenvalue weighted by Gasteiger charge is -2.38. The third kappa shape index (κ3) is 6.92. The Morgan fingerprint density at radius 3 is 2.29 bits per heavy atom. The van der Waals surface area contributed by atoms with Crippen LogP contribution in [0.4, 0.5) is 11.4 Å². The third-order valence-corrected chi connectivity index (χ3v) is 7.92. The second kappa shape index (κ2) is 10.3. The molecule has 7 nitrogen and oxygen atoms in total. The molecule has 1 saturated heterocycles. The van der Waals surface area contributed by atoms with Crippen molar-refractivity contribution >= 4 is 27.3 Å². The van der Waals surface area contributed by atoms with Gasteiger partial charge in [0.15, 0.2) is 0 Å². The molecule has 2 atom stereocenters. The number of nitrogens with zero attached hydrogens (tertiary/aromatic N) is 1. The van der Waals surface area contributed by atoms with Crippen LogP contribution in [0.1, 0.15) is 65.0 Å². The molecule has 1 aliphatic rings. The molecule has 1 aliphatic heterocycles. The number of ether oxygens (including phenoxy) is 1. The predicted octanol–water partition coefficient (Wildman–Crippen LogP) is 3.74.